The minimum absolute atomic E-state index is 0.190. The summed E-state index contributed by atoms with van der Waals surface area (Å²) in [5, 5.41) is 6.65. The lowest BCUT2D eigenvalue weighted by atomic mass is 10.1. The van der Waals surface area contributed by atoms with Gasteiger partial charge in [-0.2, -0.15) is 0 Å². The van der Waals surface area contributed by atoms with Crippen LogP contribution in [0.1, 0.15) is 55.4 Å². The highest BCUT2D eigenvalue weighted by molar-refractivity contribution is 5.94. The average Bonchev–Trinajstić information content (AvgIpc) is 3.10. The van der Waals surface area contributed by atoms with Gasteiger partial charge in [0.15, 0.2) is 0 Å². The number of benzene rings is 2. The zero-order chi connectivity index (χ0) is 21.0. The number of ether oxygens (including phenoxy) is 1. The van der Waals surface area contributed by atoms with Gasteiger partial charge in [-0.15, -0.1) is 0 Å². The Morgan fingerprint density at radius 3 is 2.41 bits per heavy atom. The van der Waals surface area contributed by atoms with E-state index >= 15 is 0 Å². The number of carbonyl (C=O) groups is 2. The molecule has 2 N–H and O–H groups in total. The van der Waals surface area contributed by atoms with Crippen LogP contribution in [-0.4, -0.2) is 17.6 Å². The van der Waals surface area contributed by atoms with Gasteiger partial charge in [-0.05, 0) is 57.5 Å². The summed E-state index contributed by atoms with van der Waals surface area (Å²) in [7, 11) is 0. The van der Waals surface area contributed by atoms with Crippen molar-refractivity contribution in [2.75, 3.05) is 0 Å². The van der Waals surface area contributed by atoms with Crippen LogP contribution >= 0.6 is 0 Å². The molecule has 0 unspecified atom stereocenters. The van der Waals surface area contributed by atoms with Crippen LogP contribution in [0, 0.1) is 0 Å². The van der Waals surface area contributed by atoms with Crippen LogP contribution in [0.2, 0.25) is 0 Å². The van der Waals surface area contributed by atoms with E-state index in [0.717, 1.165) is 16.5 Å². The van der Waals surface area contributed by atoms with Gasteiger partial charge in [0, 0.05) is 17.5 Å². The molecule has 0 saturated carbocycles. The quantitative estimate of drug-likeness (QED) is 0.642. The molecular weight excluding hydrogens is 368 g/mol. The number of carbonyl (C=O) groups excluding carboxylic acids is 2. The largest absolute Gasteiger partial charge is 0.459 e. The molecular formula is C23H26N2O4. The fraction of sp³-hybridized carbons (Fsp3) is 0.304. The molecule has 3 aromatic rings. The summed E-state index contributed by atoms with van der Waals surface area (Å²) in [5.41, 5.74) is 1.67. The molecule has 0 radical (unpaired) electrons. The van der Waals surface area contributed by atoms with Gasteiger partial charge in [-0.25, -0.2) is 4.79 Å². The average molecular weight is 394 g/mol. The molecule has 0 bridgehead atoms. The molecule has 152 valence electrons. The predicted molar refractivity (Wildman–Crippen MR) is 112 cm³/mol. The number of para-hydroxylation sites is 1. The maximum absolute atomic E-state index is 12.5. The van der Waals surface area contributed by atoms with E-state index in [0.29, 0.717) is 17.9 Å². The van der Waals surface area contributed by atoms with Crippen molar-refractivity contribution < 1.29 is 18.7 Å². The number of nitrogens with one attached hydrogen (secondary N) is 2. The highest BCUT2D eigenvalue weighted by Gasteiger charge is 2.17. The third kappa shape index (κ3) is 5.60. The van der Waals surface area contributed by atoms with Gasteiger partial charge in [0.25, 0.3) is 5.91 Å². The van der Waals surface area contributed by atoms with Gasteiger partial charge < -0.3 is 19.8 Å². The summed E-state index contributed by atoms with van der Waals surface area (Å²) in [6, 6.07) is 16.5. The molecule has 0 saturated heterocycles. The van der Waals surface area contributed by atoms with E-state index in [1.807, 2.05) is 58.0 Å². The van der Waals surface area contributed by atoms with Gasteiger partial charge in [0.2, 0.25) is 0 Å². The summed E-state index contributed by atoms with van der Waals surface area (Å²) < 4.78 is 11.0. The van der Waals surface area contributed by atoms with Crippen LogP contribution in [-0.2, 0) is 11.3 Å². The number of rotatable bonds is 5. The summed E-state index contributed by atoms with van der Waals surface area (Å²) in [4.78, 5) is 24.3. The summed E-state index contributed by atoms with van der Waals surface area (Å²) >= 11 is 0. The van der Waals surface area contributed by atoms with Gasteiger partial charge in [-0.3, -0.25) is 4.79 Å². The van der Waals surface area contributed by atoms with Crippen LogP contribution in [0.15, 0.2) is 59.0 Å². The first-order chi connectivity index (χ1) is 13.7. The first-order valence-corrected chi connectivity index (χ1v) is 9.56. The van der Waals surface area contributed by atoms with Crippen LogP contribution in [0.3, 0.4) is 0 Å². The molecule has 1 aromatic heterocycles. The molecule has 6 heteroatoms. The zero-order valence-corrected chi connectivity index (χ0v) is 17.1. The molecule has 0 aliphatic carbocycles. The standard InChI is InChI=1S/C23H26N2O4/c1-15(20-13-18-7-5-6-8-19(18)28-20)25-21(26)17-11-9-16(10-12-17)14-24-22(27)29-23(2,3)4/h5-13,15H,14H2,1-4H3,(H,24,27)(H,25,26)/t15-/m0/s1. The molecule has 3 rings (SSSR count). The molecule has 2 aromatic carbocycles. The molecule has 29 heavy (non-hydrogen) atoms. The first-order valence-electron chi connectivity index (χ1n) is 9.56. The Balaban J connectivity index is 1.56. The predicted octanol–water partition coefficient (Wildman–Crippen LogP) is 4.95. The van der Waals surface area contributed by atoms with Crippen molar-refractivity contribution in [2.45, 2.75) is 45.9 Å². The lowest BCUT2D eigenvalue weighted by molar-refractivity contribution is 0.0523. The highest BCUT2D eigenvalue weighted by Crippen LogP contribution is 2.23. The van der Waals surface area contributed by atoms with Crippen LogP contribution in [0.4, 0.5) is 4.79 Å². The maximum Gasteiger partial charge on any atom is 0.407 e. The Kier molecular flexibility index (Phi) is 5.92. The second-order valence-corrected chi connectivity index (χ2v) is 7.93. The summed E-state index contributed by atoms with van der Waals surface area (Å²) in [6.07, 6.45) is -0.473. The Hall–Kier alpha value is -3.28. The summed E-state index contributed by atoms with van der Waals surface area (Å²) in [6.45, 7) is 7.64. The maximum atomic E-state index is 12.5. The Morgan fingerprint density at radius 1 is 1.07 bits per heavy atom. The van der Waals surface area contributed by atoms with E-state index in [2.05, 4.69) is 10.6 Å². The molecule has 0 aliphatic rings. The molecule has 0 aliphatic heterocycles. The van der Waals surface area contributed by atoms with Gasteiger partial charge in [0.05, 0.1) is 6.04 Å². The molecule has 0 fully saturated rings. The third-order valence-corrected chi connectivity index (χ3v) is 4.27. The number of hydrogen-bond acceptors (Lipinski definition) is 4. The van der Waals surface area contributed by atoms with Crippen molar-refractivity contribution in [1.82, 2.24) is 10.6 Å². The fourth-order valence-electron chi connectivity index (χ4n) is 2.83. The number of fused-ring (bicyclic) bond motifs is 1. The Morgan fingerprint density at radius 2 is 1.76 bits per heavy atom. The van der Waals surface area contributed by atoms with E-state index in [-0.39, 0.29) is 11.9 Å². The van der Waals surface area contributed by atoms with Crippen molar-refractivity contribution in [1.29, 1.82) is 0 Å². The molecule has 1 atom stereocenters. The van der Waals surface area contributed by atoms with Gasteiger partial charge in [0.1, 0.15) is 16.9 Å². The Bertz CT molecular complexity index is 967. The van der Waals surface area contributed by atoms with Crippen LogP contribution in [0.5, 0.6) is 0 Å². The topological polar surface area (TPSA) is 80.6 Å². The van der Waals surface area contributed by atoms with E-state index in [1.54, 1.807) is 24.3 Å². The van der Waals surface area contributed by atoms with Gasteiger partial charge in [-0.1, -0.05) is 30.3 Å². The smallest absolute Gasteiger partial charge is 0.407 e. The third-order valence-electron chi connectivity index (χ3n) is 4.27. The van der Waals surface area contributed by atoms with Crippen LogP contribution in [0.25, 0.3) is 11.0 Å². The first kappa shape index (κ1) is 20.5. The monoisotopic (exact) mass is 394 g/mol. The van der Waals surface area contributed by atoms with E-state index in [1.165, 1.54) is 0 Å². The van der Waals surface area contributed by atoms with Crippen molar-refractivity contribution >= 4 is 23.0 Å². The Labute approximate surface area is 170 Å². The lowest BCUT2D eigenvalue weighted by Gasteiger charge is -2.19. The van der Waals surface area contributed by atoms with Crippen LogP contribution < -0.4 is 10.6 Å². The number of alkyl carbamates (subject to hydrolysis) is 1. The number of furan rings is 1. The molecule has 1 heterocycles. The fourth-order valence-corrected chi connectivity index (χ4v) is 2.83. The second-order valence-electron chi connectivity index (χ2n) is 7.93. The second kappa shape index (κ2) is 8.39. The van der Waals surface area contributed by atoms with E-state index in [9.17, 15) is 9.59 Å². The number of hydrogen-bond donors (Lipinski definition) is 2. The van der Waals surface area contributed by atoms with E-state index < -0.39 is 11.7 Å². The van der Waals surface area contributed by atoms with Gasteiger partial charge >= 0.3 is 6.09 Å². The highest BCUT2D eigenvalue weighted by atomic mass is 16.6. The van der Waals surface area contributed by atoms with Crippen molar-refractivity contribution in [3.8, 4) is 0 Å². The zero-order valence-electron chi connectivity index (χ0n) is 17.1. The lowest BCUT2D eigenvalue weighted by Crippen LogP contribution is -2.32. The molecule has 0 spiro atoms. The van der Waals surface area contributed by atoms with Crippen molar-refractivity contribution in [3.63, 3.8) is 0 Å². The SMILES string of the molecule is C[C@H](NC(=O)c1ccc(CNC(=O)OC(C)(C)C)cc1)c1cc2ccccc2o1. The molecule has 2 amide bonds. The normalized spacial score (nSPS) is 12.4. The van der Waals surface area contributed by atoms with Crippen molar-refractivity contribution in [3.05, 3.63) is 71.5 Å². The molecule has 6 nitrogen and oxygen atoms in total. The minimum Gasteiger partial charge on any atom is -0.459 e. The van der Waals surface area contributed by atoms with E-state index in [4.69, 9.17) is 9.15 Å². The number of amides is 2. The van der Waals surface area contributed by atoms with Crippen molar-refractivity contribution in [2.24, 2.45) is 0 Å². The summed E-state index contributed by atoms with van der Waals surface area (Å²) in [5.74, 6) is 0.516. The minimum atomic E-state index is -0.539.